The molecule has 1 aromatic carbocycles. The molecule has 0 saturated heterocycles. The second-order valence-electron chi connectivity index (χ2n) is 4.74. The highest BCUT2D eigenvalue weighted by atomic mass is 35.5. The molecule has 0 heterocycles. The first kappa shape index (κ1) is 15.5. The van der Waals surface area contributed by atoms with Crippen molar-refractivity contribution in [2.75, 3.05) is 13.7 Å². The number of ether oxygens (including phenoxy) is 1. The summed E-state index contributed by atoms with van der Waals surface area (Å²) >= 11 is 6.23. The zero-order valence-electron chi connectivity index (χ0n) is 11.8. The van der Waals surface area contributed by atoms with Crippen LogP contribution in [0.25, 0.3) is 0 Å². The van der Waals surface area contributed by atoms with Crippen molar-refractivity contribution in [1.82, 2.24) is 5.32 Å². The van der Waals surface area contributed by atoms with Crippen LogP contribution in [0.3, 0.4) is 0 Å². The summed E-state index contributed by atoms with van der Waals surface area (Å²) in [4.78, 5) is 0. The minimum absolute atomic E-state index is 0.164. The van der Waals surface area contributed by atoms with E-state index in [9.17, 15) is 0 Å². The van der Waals surface area contributed by atoms with Crippen LogP contribution >= 0.6 is 11.6 Å². The van der Waals surface area contributed by atoms with Gasteiger partial charge < -0.3 is 10.1 Å². The number of nitrogens with one attached hydrogen (secondary N) is 1. The van der Waals surface area contributed by atoms with Gasteiger partial charge in [0, 0.05) is 17.7 Å². The first-order chi connectivity index (χ1) is 8.57. The van der Waals surface area contributed by atoms with Crippen LogP contribution in [0.2, 0.25) is 5.02 Å². The van der Waals surface area contributed by atoms with Crippen LogP contribution < -0.4 is 5.32 Å². The van der Waals surface area contributed by atoms with Crippen LogP contribution in [0.5, 0.6) is 0 Å². The molecule has 1 N–H and O–H groups in total. The molecule has 18 heavy (non-hydrogen) atoms. The molecule has 1 rings (SSSR count). The van der Waals surface area contributed by atoms with Gasteiger partial charge in [0.1, 0.15) is 0 Å². The van der Waals surface area contributed by atoms with Crippen LogP contribution in [0.15, 0.2) is 24.3 Å². The largest absolute Gasteiger partial charge is 0.374 e. The Labute approximate surface area is 116 Å². The van der Waals surface area contributed by atoms with E-state index in [-0.39, 0.29) is 11.6 Å². The molecule has 0 spiro atoms. The molecule has 0 aliphatic heterocycles. The molecule has 0 aliphatic carbocycles. The highest BCUT2D eigenvalue weighted by Gasteiger charge is 2.32. The van der Waals surface area contributed by atoms with Crippen molar-refractivity contribution in [2.24, 2.45) is 0 Å². The lowest BCUT2D eigenvalue weighted by atomic mass is 9.88. The molecule has 0 amide bonds. The van der Waals surface area contributed by atoms with Crippen molar-refractivity contribution in [3.05, 3.63) is 34.9 Å². The lowest BCUT2D eigenvalue weighted by molar-refractivity contribution is -0.0534. The average molecular weight is 270 g/mol. The smallest absolute Gasteiger partial charge is 0.0807 e. The van der Waals surface area contributed by atoms with E-state index in [1.54, 1.807) is 0 Å². The summed E-state index contributed by atoms with van der Waals surface area (Å²) < 4.78 is 5.94. The van der Waals surface area contributed by atoms with Crippen molar-refractivity contribution in [3.63, 3.8) is 0 Å². The van der Waals surface area contributed by atoms with E-state index in [0.29, 0.717) is 0 Å². The number of hydrogen-bond acceptors (Lipinski definition) is 2. The number of benzene rings is 1. The Morgan fingerprint density at radius 3 is 2.50 bits per heavy atom. The van der Waals surface area contributed by atoms with Crippen LogP contribution in [0.4, 0.5) is 0 Å². The summed E-state index contributed by atoms with van der Waals surface area (Å²) in [6.45, 7) is 7.09. The van der Waals surface area contributed by atoms with E-state index in [1.807, 2.05) is 32.2 Å². The average Bonchev–Trinajstić information content (AvgIpc) is 2.38. The zero-order valence-corrected chi connectivity index (χ0v) is 12.6. The molecule has 0 aliphatic rings. The maximum atomic E-state index is 6.23. The SMILES string of the molecule is CCOC(C)(CC)C(Cc1ccccc1Cl)NC. The number of likely N-dealkylation sites (N-methyl/N-ethyl adjacent to an activating group) is 1. The van der Waals surface area contributed by atoms with E-state index in [1.165, 1.54) is 0 Å². The predicted molar refractivity (Wildman–Crippen MR) is 78.3 cm³/mol. The molecule has 0 bridgehead atoms. The van der Waals surface area contributed by atoms with Crippen molar-refractivity contribution < 1.29 is 4.74 Å². The Morgan fingerprint density at radius 2 is 2.00 bits per heavy atom. The number of hydrogen-bond donors (Lipinski definition) is 1. The standard InChI is InChI=1S/C15H24ClNO/c1-5-15(3,18-6-2)14(17-4)11-12-9-7-8-10-13(12)16/h7-10,14,17H,5-6,11H2,1-4H3. The Kier molecular flexibility index (Phi) is 6.13. The van der Waals surface area contributed by atoms with Gasteiger partial charge in [-0.05, 0) is 45.4 Å². The molecule has 0 radical (unpaired) electrons. The van der Waals surface area contributed by atoms with Crippen molar-refractivity contribution in [1.29, 1.82) is 0 Å². The highest BCUT2D eigenvalue weighted by Crippen LogP contribution is 2.25. The van der Waals surface area contributed by atoms with Gasteiger partial charge in [0.2, 0.25) is 0 Å². The first-order valence-corrected chi connectivity index (χ1v) is 6.99. The maximum absolute atomic E-state index is 6.23. The van der Waals surface area contributed by atoms with Gasteiger partial charge in [0.25, 0.3) is 0 Å². The second-order valence-corrected chi connectivity index (χ2v) is 5.14. The van der Waals surface area contributed by atoms with E-state index in [4.69, 9.17) is 16.3 Å². The molecule has 2 unspecified atom stereocenters. The Morgan fingerprint density at radius 1 is 1.33 bits per heavy atom. The van der Waals surface area contributed by atoms with E-state index in [2.05, 4.69) is 25.2 Å². The Hall–Kier alpha value is -0.570. The van der Waals surface area contributed by atoms with Crippen molar-refractivity contribution in [2.45, 2.75) is 45.3 Å². The summed E-state index contributed by atoms with van der Waals surface area (Å²) in [5.41, 5.74) is 1.00. The van der Waals surface area contributed by atoms with Crippen LogP contribution in [0.1, 0.15) is 32.8 Å². The third kappa shape index (κ3) is 3.71. The van der Waals surface area contributed by atoms with Crippen LogP contribution in [0, 0.1) is 0 Å². The maximum Gasteiger partial charge on any atom is 0.0807 e. The monoisotopic (exact) mass is 269 g/mol. The molecule has 1 aromatic rings. The summed E-state index contributed by atoms with van der Waals surface area (Å²) in [6.07, 6.45) is 1.84. The van der Waals surface area contributed by atoms with Gasteiger partial charge in [-0.3, -0.25) is 0 Å². The predicted octanol–water partition coefficient (Wildman–Crippen LogP) is 3.68. The zero-order chi connectivity index (χ0) is 13.6. The van der Waals surface area contributed by atoms with Gasteiger partial charge in [-0.15, -0.1) is 0 Å². The minimum atomic E-state index is -0.164. The van der Waals surface area contributed by atoms with Crippen LogP contribution in [-0.2, 0) is 11.2 Å². The molecule has 3 heteroatoms. The third-order valence-electron chi connectivity index (χ3n) is 3.64. The molecular formula is C15H24ClNO. The summed E-state index contributed by atoms with van der Waals surface area (Å²) in [6, 6.07) is 8.25. The third-order valence-corrected chi connectivity index (χ3v) is 4.01. The van der Waals surface area contributed by atoms with E-state index in [0.717, 1.165) is 30.0 Å². The normalized spacial score (nSPS) is 16.3. The minimum Gasteiger partial charge on any atom is -0.374 e. The summed E-state index contributed by atoms with van der Waals surface area (Å²) in [5.74, 6) is 0. The Balaban J connectivity index is 2.87. The van der Waals surface area contributed by atoms with E-state index >= 15 is 0 Å². The summed E-state index contributed by atoms with van der Waals surface area (Å²) in [5, 5.41) is 4.20. The van der Waals surface area contributed by atoms with E-state index < -0.39 is 0 Å². The number of halogens is 1. The van der Waals surface area contributed by atoms with Crippen LogP contribution in [-0.4, -0.2) is 25.3 Å². The summed E-state index contributed by atoms with van der Waals surface area (Å²) in [7, 11) is 1.98. The molecule has 102 valence electrons. The topological polar surface area (TPSA) is 21.3 Å². The van der Waals surface area contributed by atoms with Gasteiger partial charge >= 0.3 is 0 Å². The van der Waals surface area contributed by atoms with Gasteiger partial charge in [-0.2, -0.15) is 0 Å². The van der Waals surface area contributed by atoms with Gasteiger partial charge in [-0.1, -0.05) is 36.7 Å². The van der Waals surface area contributed by atoms with Gasteiger partial charge in [0.05, 0.1) is 5.60 Å². The first-order valence-electron chi connectivity index (χ1n) is 6.62. The molecule has 2 atom stereocenters. The van der Waals surface area contributed by atoms with Gasteiger partial charge in [0.15, 0.2) is 0 Å². The fraction of sp³-hybridized carbons (Fsp3) is 0.600. The molecule has 0 fully saturated rings. The lowest BCUT2D eigenvalue weighted by Gasteiger charge is -2.37. The molecule has 2 nitrogen and oxygen atoms in total. The molecule has 0 aromatic heterocycles. The number of rotatable bonds is 7. The highest BCUT2D eigenvalue weighted by molar-refractivity contribution is 6.31. The van der Waals surface area contributed by atoms with Gasteiger partial charge in [-0.25, -0.2) is 0 Å². The van der Waals surface area contributed by atoms with Crippen molar-refractivity contribution in [3.8, 4) is 0 Å². The molecule has 0 saturated carbocycles. The Bertz CT molecular complexity index is 369. The quantitative estimate of drug-likeness (QED) is 0.815. The lowest BCUT2D eigenvalue weighted by Crippen LogP contribution is -2.50. The fourth-order valence-corrected chi connectivity index (χ4v) is 2.50. The fourth-order valence-electron chi connectivity index (χ4n) is 2.29. The second kappa shape index (κ2) is 7.13. The van der Waals surface area contributed by atoms with Crippen molar-refractivity contribution >= 4 is 11.6 Å². The molecular weight excluding hydrogens is 246 g/mol.